The predicted molar refractivity (Wildman–Crippen MR) is 44.8 cm³/mol. The molecule has 1 rings (SSSR count). The second-order valence-corrected chi connectivity index (χ2v) is 2.39. The van der Waals surface area contributed by atoms with E-state index in [1.165, 1.54) is 24.3 Å². The largest absolute Gasteiger partial charge is 0.508 e. The topological polar surface area (TPSA) is 57.5 Å². The van der Waals surface area contributed by atoms with Gasteiger partial charge in [0, 0.05) is 0 Å². The Morgan fingerprint density at radius 3 is 2.69 bits per heavy atom. The lowest BCUT2D eigenvalue weighted by atomic mass is 10.2. The molecule has 0 saturated heterocycles. The van der Waals surface area contributed by atoms with Crippen molar-refractivity contribution in [2.45, 2.75) is 0 Å². The Hall–Kier alpha value is -1.84. The first-order valence-corrected chi connectivity index (χ1v) is 3.49. The van der Waals surface area contributed by atoms with Gasteiger partial charge < -0.3 is 10.2 Å². The minimum atomic E-state index is -1.62. The molecule has 0 unspecified atom stereocenters. The van der Waals surface area contributed by atoms with Crippen LogP contribution >= 0.6 is 0 Å². The van der Waals surface area contributed by atoms with Gasteiger partial charge in [0.1, 0.15) is 5.75 Å². The van der Waals surface area contributed by atoms with Crippen LogP contribution in [0.3, 0.4) is 0 Å². The summed E-state index contributed by atoms with van der Waals surface area (Å²) in [7, 11) is 0. The minimum absolute atomic E-state index is 0.0352. The van der Waals surface area contributed by atoms with Gasteiger partial charge in [-0.3, -0.25) is 0 Å². The molecule has 68 valence electrons. The van der Waals surface area contributed by atoms with Gasteiger partial charge in [-0.1, -0.05) is 12.1 Å². The Bertz CT molecular complexity index is 358. The number of phenolic OH excluding ortho intramolecular Hbond substituents is 1. The van der Waals surface area contributed by atoms with Crippen LogP contribution in [0.25, 0.3) is 6.08 Å². The molecule has 0 fully saturated rings. The molecule has 0 radical (unpaired) electrons. The summed E-state index contributed by atoms with van der Waals surface area (Å²) in [6, 6.07) is 5.66. The predicted octanol–water partition coefficient (Wildman–Crippen LogP) is 1.79. The number of carbonyl (C=O) groups is 1. The number of halogens is 1. The quantitative estimate of drug-likeness (QED) is 0.685. The molecule has 0 amide bonds. The zero-order valence-electron chi connectivity index (χ0n) is 6.57. The molecule has 13 heavy (non-hydrogen) atoms. The van der Waals surface area contributed by atoms with Crippen molar-refractivity contribution >= 4 is 12.0 Å². The Balaban J connectivity index is 2.97. The molecule has 0 bridgehead atoms. The van der Waals surface area contributed by atoms with Gasteiger partial charge in [-0.2, -0.15) is 4.39 Å². The van der Waals surface area contributed by atoms with Crippen LogP contribution in [-0.4, -0.2) is 16.2 Å². The highest BCUT2D eigenvalue weighted by Crippen LogP contribution is 2.14. The number of carboxylic acids is 1. The number of hydrogen-bond acceptors (Lipinski definition) is 2. The standard InChI is InChI=1S/C9H7FO3/c10-8(9(12)13)5-6-2-1-3-7(11)4-6/h1-5,11H,(H,12,13)/b8-5-. The molecule has 2 N–H and O–H groups in total. The van der Waals surface area contributed by atoms with E-state index in [2.05, 4.69) is 0 Å². The van der Waals surface area contributed by atoms with E-state index in [9.17, 15) is 9.18 Å². The molecular formula is C9H7FO3. The first-order valence-electron chi connectivity index (χ1n) is 3.49. The molecule has 4 heteroatoms. The number of hydrogen-bond donors (Lipinski definition) is 2. The SMILES string of the molecule is O=C(O)/C(F)=C/c1cccc(O)c1. The second-order valence-electron chi connectivity index (χ2n) is 2.39. The number of aliphatic carboxylic acids is 1. The number of rotatable bonds is 2. The highest BCUT2D eigenvalue weighted by molar-refractivity contribution is 5.89. The second kappa shape index (κ2) is 3.71. The van der Waals surface area contributed by atoms with Crippen LogP contribution < -0.4 is 0 Å². The third-order valence-corrected chi connectivity index (χ3v) is 1.37. The van der Waals surface area contributed by atoms with Crippen molar-refractivity contribution in [1.82, 2.24) is 0 Å². The third kappa shape index (κ3) is 2.59. The fourth-order valence-corrected chi connectivity index (χ4v) is 0.823. The number of phenols is 1. The maximum Gasteiger partial charge on any atom is 0.364 e. The summed E-state index contributed by atoms with van der Waals surface area (Å²) < 4.78 is 12.5. The maximum absolute atomic E-state index is 12.5. The van der Waals surface area contributed by atoms with Crippen molar-refractivity contribution in [3.05, 3.63) is 35.7 Å². The van der Waals surface area contributed by atoms with E-state index in [0.29, 0.717) is 5.56 Å². The minimum Gasteiger partial charge on any atom is -0.508 e. The molecule has 0 saturated carbocycles. The Kier molecular flexibility index (Phi) is 2.64. The zero-order valence-corrected chi connectivity index (χ0v) is 6.57. The Morgan fingerprint density at radius 1 is 1.46 bits per heavy atom. The van der Waals surface area contributed by atoms with Gasteiger partial charge in [-0.05, 0) is 23.8 Å². The van der Waals surface area contributed by atoms with Crippen LogP contribution in [0.4, 0.5) is 4.39 Å². The molecule has 1 aromatic carbocycles. The lowest BCUT2D eigenvalue weighted by molar-refractivity contribution is -0.134. The van der Waals surface area contributed by atoms with Gasteiger partial charge in [0.05, 0.1) is 0 Å². The number of benzene rings is 1. The van der Waals surface area contributed by atoms with Crippen molar-refractivity contribution < 1.29 is 19.4 Å². The van der Waals surface area contributed by atoms with Crippen molar-refractivity contribution in [2.24, 2.45) is 0 Å². The van der Waals surface area contributed by atoms with E-state index < -0.39 is 11.8 Å². The lowest BCUT2D eigenvalue weighted by Crippen LogP contribution is -1.93. The smallest absolute Gasteiger partial charge is 0.364 e. The molecule has 0 heterocycles. The molecular weight excluding hydrogens is 175 g/mol. The van der Waals surface area contributed by atoms with Crippen LogP contribution in [0.5, 0.6) is 5.75 Å². The van der Waals surface area contributed by atoms with Crippen molar-refractivity contribution in [2.75, 3.05) is 0 Å². The summed E-state index contributed by atoms with van der Waals surface area (Å²) in [5.41, 5.74) is 0.305. The monoisotopic (exact) mass is 182 g/mol. The molecule has 0 aromatic heterocycles. The van der Waals surface area contributed by atoms with Crippen LogP contribution in [0.2, 0.25) is 0 Å². The summed E-state index contributed by atoms with van der Waals surface area (Å²) in [6.45, 7) is 0. The number of carboxylic acid groups (broad SMARTS) is 1. The van der Waals surface area contributed by atoms with Crippen LogP contribution in [0.1, 0.15) is 5.56 Å². The van der Waals surface area contributed by atoms with E-state index in [1.54, 1.807) is 0 Å². The third-order valence-electron chi connectivity index (χ3n) is 1.37. The van der Waals surface area contributed by atoms with Crippen molar-refractivity contribution in [3.8, 4) is 5.75 Å². The molecule has 0 aliphatic heterocycles. The van der Waals surface area contributed by atoms with E-state index in [1.807, 2.05) is 0 Å². The van der Waals surface area contributed by atoms with E-state index in [4.69, 9.17) is 10.2 Å². The highest BCUT2D eigenvalue weighted by atomic mass is 19.1. The fraction of sp³-hybridized carbons (Fsp3) is 0. The van der Waals surface area contributed by atoms with Gasteiger partial charge in [0.15, 0.2) is 0 Å². The summed E-state index contributed by atoms with van der Waals surface area (Å²) >= 11 is 0. The summed E-state index contributed by atoms with van der Waals surface area (Å²) in [5.74, 6) is -2.92. The average Bonchev–Trinajstić information content (AvgIpc) is 2.04. The van der Waals surface area contributed by atoms with Crippen LogP contribution in [-0.2, 0) is 4.79 Å². The first kappa shape index (κ1) is 9.25. The highest BCUT2D eigenvalue weighted by Gasteiger charge is 2.04. The normalized spacial score (nSPS) is 11.3. The van der Waals surface area contributed by atoms with Crippen LogP contribution in [0, 0.1) is 0 Å². The lowest BCUT2D eigenvalue weighted by Gasteiger charge is -1.94. The molecule has 1 aromatic rings. The summed E-state index contributed by atoms with van der Waals surface area (Å²) in [4.78, 5) is 10.1. The fourth-order valence-electron chi connectivity index (χ4n) is 0.823. The maximum atomic E-state index is 12.5. The summed E-state index contributed by atoms with van der Waals surface area (Å²) in [5, 5.41) is 17.2. The van der Waals surface area contributed by atoms with Gasteiger partial charge >= 0.3 is 5.97 Å². The molecule has 3 nitrogen and oxygen atoms in total. The van der Waals surface area contributed by atoms with Gasteiger partial charge in [-0.25, -0.2) is 4.79 Å². The van der Waals surface area contributed by atoms with Gasteiger partial charge in [0.25, 0.3) is 0 Å². The molecule has 0 atom stereocenters. The van der Waals surface area contributed by atoms with Crippen LogP contribution in [0.15, 0.2) is 30.1 Å². The van der Waals surface area contributed by atoms with E-state index in [-0.39, 0.29) is 5.75 Å². The Morgan fingerprint density at radius 2 is 2.15 bits per heavy atom. The zero-order chi connectivity index (χ0) is 9.84. The molecule has 0 aliphatic carbocycles. The van der Waals surface area contributed by atoms with Crippen molar-refractivity contribution in [1.29, 1.82) is 0 Å². The molecule has 0 spiro atoms. The average molecular weight is 182 g/mol. The van der Waals surface area contributed by atoms with Gasteiger partial charge in [0.2, 0.25) is 5.83 Å². The van der Waals surface area contributed by atoms with Gasteiger partial charge in [-0.15, -0.1) is 0 Å². The van der Waals surface area contributed by atoms with Crippen molar-refractivity contribution in [3.63, 3.8) is 0 Å². The number of aromatic hydroxyl groups is 1. The first-order chi connectivity index (χ1) is 6.09. The molecule has 0 aliphatic rings. The van der Waals surface area contributed by atoms with E-state index in [0.717, 1.165) is 6.08 Å². The summed E-state index contributed by atoms with van der Waals surface area (Å²) in [6.07, 6.45) is 0.835. The van der Waals surface area contributed by atoms with E-state index >= 15 is 0 Å². The Labute approximate surface area is 73.8 Å².